The molecule has 0 fully saturated rings. The van der Waals surface area contributed by atoms with Crippen molar-refractivity contribution in [3.8, 4) is 23.1 Å². The second kappa shape index (κ2) is 10.4. The summed E-state index contributed by atoms with van der Waals surface area (Å²) in [5.41, 5.74) is 1.25. The number of ether oxygens (including phenoxy) is 3. The molecule has 2 aromatic heterocycles. The molecule has 2 heterocycles. The average molecular weight is 416 g/mol. The van der Waals surface area contributed by atoms with Gasteiger partial charge in [-0.15, -0.1) is 10.2 Å². The van der Waals surface area contributed by atoms with Crippen molar-refractivity contribution in [2.24, 2.45) is 0 Å². The Kier molecular flexibility index (Phi) is 7.42. The van der Waals surface area contributed by atoms with E-state index in [0.29, 0.717) is 35.9 Å². The number of hydrogen-bond donors (Lipinski definition) is 1. The van der Waals surface area contributed by atoms with Crippen LogP contribution < -0.4 is 14.8 Å². The van der Waals surface area contributed by atoms with Crippen LogP contribution in [-0.4, -0.2) is 54.3 Å². The lowest BCUT2D eigenvalue weighted by molar-refractivity contribution is -0.113. The summed E-state index contributed by atoms with van der Waals surface area (Å²) in [6.07, 6.45) is 1.59. The lowest BCUT2D eigenvalue weighted by Gasteiger charge is -2.10. The van der Waals surface area contributed by atoms with Crippen molar-refractivity contribution in [2.45, 2.75) is 5.22 Å². The van der Waals surface area contributed by atoms with Crippen LogP contribution in [0.3, 0.4) is 0 Å². The molecule has 0 spiro atoms. The van der Waals surface area contributed by atoms with Crippen molar-refractivity contribution in [3.63, 3.8) is 0 Å². The van der Waals surface area contributed by atoms with E-state index in [9.17, 15) is 4.79 Å². The quantitative estimate of drug-likeness (QED) is 0.394. The summed E-state index contributed by atoms with van der Waals surface area (Å²) in [6, 6.07) is 10.7. The van der Waals surface area contributed by atoms with Gasteiger partial charge in [0.25, 0.3) is 5.22 Å². The number of carbonyl (C=O) groups excluding carboxylic acids is 1. The summed E-state index contributed by atoms with van der Waals surface area (Å²) in [5, 5.41) is 11.0. The number of pyridine rings is 1. The number of amides is 1. The van der Waals surface area contributed by atoms with Crippen molar-refractivity contribution >= 4 is 23.4 Å². The van der Waals surface area contributed by atoms with Crippen molar-refractivity contribution in [1.82, 2.24) is 15.2 Å². The number of benzene rings is 1. The zero-order chi connectivity index (χ0) is 20.5. The van der Waals surface area contributed by atoms with Gasteiger partial charge in [-0.05, 0) is 36.4 Å². The molecule has 29 heavy (non-hydrogen) atoms. The van der Waals surface area contributed by atoms with E-state index in [4.69, 9.17) is 18.6 Å². The summed E-state index contributed by atoms with van der Waals surface area (Å²) >= 11 is 1.14. The Morgan fingerprint density at radius 1 is 1.14 bits per heavy atom. The van der Waals surface area contributed by atoms with E-state index in [1.54, 1.807) is 44.7 Å². The number of hydrogen-bond acceptors (Lipinski definition) is 9. The van der Waals surface area contributed by atoms with Gasteiger partial charge in [0.05, 0.1) is 19.5 Å². The van der Waals surface area contributed by atoms with Gasteiger partial charge in [0.2, 0.25) is 17.7 Å². The van der Waals surface area contributed by atoms with Gasteiger partial charge in [-0.25, -0.2) is 4.98 Å². The van der Waals surface area contributed by atoms with Crippen LogP contribution in [0, 0.1) is 0 Å². The van der Waals surface area contributed by atoms with Crippen LogP contribution >= 0.6 is 11.8 Å². The topological polar surface area (TPSA) is 109 Å². The average Bonchev–Trinajstić information content (AvgIpc) is 3.23. The van der Waals surface area contributed by atoms with Gasteiger partial charge in [-0.2, -0.15) is 0 Å². The van der Waals surface area contributed by atoms with Gasteiger partial charge < -0.3 is 23.9 Å². The Balaban J connectivity index is 1.54. The van der Waals surface area contributed by atoms with E-state index in [0.717, 1.165) is 23.1 Å². The fourth-order valence-corrected chi connectivity index (χ4v) is 2.82. The van der Waals surface area contributed by atoms with Gasteiger partial charge >= 0.3 is 0 Å². The number of anilines is 1. The van der Waals surface area contributed by atoms with Crippen LogP contribution in [0.2, 0.25) is 0 Å². The third-order valence-corrected chi connectivity index (χ3v) is 4.46. The Hall–Kier alpha value is -3.11. The number of nitrogens with zero attached hydrogens (tertiary/aromatic N) is 3. The van der Waals surface area contributed by atoms with Gasteiger partial charge in [0.1, 0.15) is 18.0 Å². The van der Waals surface area contributed by atoms with Crippen molar-refractivity contribution < 1.29 is 23.4 Å². The van der Waals surface area contributed by atoms with E-state index >= 15 is 0 Å². The summed E-state index contributed by atoms with van der Waals surface area (Å²) in [7, 11) is 3.18. The first kappa shape index (κ1) is 20.6. The predicted molar refractivity (Wildman–Crippen MR) is 107 cm³/mol. The highest BCUT2D eigenvalue weighted by Crippen LogP contribution is 2.25. The lowest BCUT2D eigenvalue weighted by Crippen LogP contribution is -2.16. The molecule has 3 rings (SSSR count). The molecule has 10 heteroatoms. The number of methoxy groups -OCH3 is 2. The number of carbonyl (C=O) groups is 1. The molecule has 0 saturated heterocycles. The minimum absolute atomic E-state index is 0.0939. The first-order chi connectivity index (χ1) is 14.2. The van der Waals surface area contributed by atoms with Gasteiger partial charge in [-0.1, -0.05) is 11.8 Å². The third kappa shape index (κ3) is 5.93. The van der Waals surface area contributed by atoms with Crippen molar-refractivity contribution in [1.29, 1.82) is 0 Å². The molecular formula is C19H20N4O5S. The zero-order valence-corrected chi connectivity index (χ0v) is 16.8. The van der Waals surface area contributed by atoms with Crippen molar-refractivity contribution in [2.75, 3.05) is 38.5 Å². The van der Waals surface area contributed by atoms with Crippen molar-refractivity contribution in [3.05, 3.63) is 42.6 Å². The molecule has 0 bridgehead atoms. The zero-order valence-electron chi connectivity index (χ0n) is 16.0. The first-order valence-electron chi connectivity index (χ1n) is 8.67. The first-order valence-corrected chi connectivity index (χ1v) is 9.65. The Bertz CT molecular complexity index is 932. The number of thioether (sulfide) groups is 1. The maximum absolute atomic E-state index is 12.3. The Morgan fingerprint density at radius 2 is 1.97 bits per heavy atom. The molecule has 9 nitrogen and oxygen atoms in total. The second-order valence-corrected chi connectivity index (χ2v) is 6.56. The molecule has 0 aliphatic rings. The maximum Gasteiger partial charge on any atom is 0.277 e. The van der Waals surface area contributed by atoms with Crippen LogP contribution in [0.1, 0.15) is 0 Å². The largest absolute Gasteiger partial charge is 0.497 e. The molecule has 0 aliphatic carbocycles. The fraction of sp³-hybridized carbons (Fsp3) is 0.263. The SMILES string of the molecule is COCCOc1ncccc1NC(=O)CSc1nnc(-c2ccc(OC)cc2)o1. The molecule has 1 N–H and O–H groups in total. The molecule has 0 radical (unpaired) electrons. The highest BCUT2D eigenvalue weighted by atomic mass is 32.2. The number of nitrogens with one attached hydrogen (secondary N) is 1. The molecule has 3 aromatic rings. The molecule has 0 aliphatic heterocycles. The minimum Gasteiger partial charge on any atom is -0.497 e. The second-order valence-electron chi connectivity index (χ2n) is 5.64. The van der Waals surface area contributed by atoms with E-state index < -0.39 is 0 Å². The fourth-order valence-electron chi connectivity index (χ4n) is 2.25. The molecule has 0 atom stereocenters. The van der Waals surface area contributed by atoms with E-state index in [1.807, 2.05) is 12.1 Å². The molecule has 0 saturated carbocycles. The van der Waals surface area contributed by atoms with Gasteiger partial charge in [-0.3, -0.25) is 4.79 Å². The van der Waals surface area contributed by atoms with Crippen LogP contribution in [0.5, 0.6) is 11.6 Å². The molecule has 152 valence electrons. The summed E-state index contributed by atoms with van der Waals surface area (Å²) in [4.78, 5) is 16.4. The summed E-state index contributed by atoms with van der Waals surface area (Å²) in [5.74, 6) is 1.29. The standard InChI is InChI=1S/C19H20N4O5S/c1-25-10-11-27-18-15(4-3-9-20-18)21-16(24)12-29-19-23-22-17(28-19)13-5-7-14(26-2)8-6-13/h3-9H,10-12H2,1-2H3,(H,21,24). The molecular weight excluding hydrogens is 396 g/mol. The Morgan fingerprint density at radius 3 is 2.72 bits per heavy atom. The number of aromatic nitrogens is 3. The minimum atomic E-state index is -0.246. The van der Waals surface area contributed by atoms with E-state index in [-0.39, 0.29) is 11.7 Å². The summed E-state index contributed by atoms with van der Waals surface area (Å²) in [6.45, 7) is 0.759. The molecule has 1 amide bonds. The highest BCUT2D eigenvalue weighted by Gasteiger charge is 2.13. The predicted octanol–water partition coefficient (Wildman–Crippen LogP) is 2.90. The van der Waals surface area contributed by atoms with Gasteiger partial charge in [0, 0.05) is 18.9 Å². The monoisotopic (exact) mass is 416 g/mol. The normalized spacial score (nSPS) is 10.6. The smallest absolute Gasteiger partial charge is 0.277 e. The van der Waals surface area contributed by atoms with Gasteiger partial charge in [0.15, 0.2) is 0 Å². The molecule has 0 unspecified atom stereocenters. The number of rotatable bonds is 10. The van der Waals surface area contributed by atoms with E-state index in [1.165, 1.54) is 0 Å². The Labute approximate surface area is 171 Å². The van der Waals surface area contributed by atoms with Crippen LogP contribution in [0.25, 0.3) is 11.5 Å². The summed E-state index contributed by atoms with van der Waals surface area (Å²) < 4.78 is 21.2. The van der Waals surface area contributed by atoms with E-state index in [2.05, 4.69) is 20.5 Å². The maximum atomic E-state index is 12.3. The van der Waals surface area contributed by atoms with Crippen LogP contribution in [0.15, 0.2) is 52.2 Å². The highest BCUT2D eigenvalue weighted by molar-refractivity contribution is 7.99. The molecule has 1 aromatic carbocycles. The van der Waals surface area contributed by atoms with Crippen LogP contribution in [-0.2, 0) is 9.53 Å². The van der Waals surface area contributed by atoms with Crippen LogP contribution in [0.4, 0.5) is 5.69 Å². The third-order valence-electron chi connectivity index (χ3n) is 3.64. The lowest BCUT2D eigenvalue weighted by atomic mass is 10.2.